The first-order chi connectivity index (χ1) is 20.7. The number of nitriles is 1. The molecular weight excluding hydrogens is 601 g/mol. The first-order valence-electron chi connectivity index (χ1n) is 13.2. The van der Waals surface area contributed by atoms with Gasteiger partial charge in [0.2, 0.25) is 9.84 Å². The Bertz CT molecular complexity index is 2180. The van der Waals surface area contributed by atoms with Crippen molar-refractivity contribution < 1.29 is 21.0 Å². The number of thioether (sulfide) groups is 1. The van der Waals surface area contributed by atoms with Gasteiger partial charge in [-0.25, -0.2) is 8.42 Å². The second kappa shape index (κ2) is 11.3. The topological polar surface area (TPSA) is 117 Å². The number of hydrogen-bond donors (Lipinski definition) is 1. The Morgan fingerprint density at radius 3 is 2.21 bits per heavy atom. The van der Waals surface area contributed by atoms with Gasteiger partial charge in [0, 0.05) is 32.8 Å². The number of aromatic nitrogens is 1. The Hall–Kier alpha value is -4.56. The maximum atomic E-state index is 13.5. The van der Waals surface area contributed by atoms with E-state index >= 15 is 0 Å². The van der Waals surface area contributed by atoms with E-state index in [1.807, 2.05) is 43.3 Å². The van der Waals surface area contributed by atoms with Gasteiger partial charge in [0.05, 0.1) is 15.4 Å². The maximum absolute atomic E-state index is 13.5. The monoisotopic (exact) mass is 624 g/mol. The normalized spacial score (nSPS) is 14.7. The van der Waals surface area contributed by atoms with Crippen LogP contribution < -0.4 is 4.18 Å². The molecule has 0 radical (unpaired) electrons. The first kappa shape index (κ1) is 28.6. The molecule has 0 fully saturated rings. The van der Waals surface area contributed by atoms with Crippen molar-refractivity contribution in [1.29, 1.82) is 5.26 Å². The Kier molecular flexibility index (Phi) is 7.48. The Morgan fingerprint density at radius 1 is 0.837 bits per heavy atom. The summed E-state index contributed by atoms with van der Waals surface area (Å²) >= 11 is 1.59. The number of aryl methyl sites for hydroxylation is 1. The van der Waals surface area contributed by atoms with E-state index in [0.29, 0.717) is 11.0 Å². The van der Waals surface area contributed by atoms with Crippen molar-refractivity contribution in [3.63, 3.8) is 0 Å². The van der Waals surface area contributed by atoms with Crippen LogP contribution in [0, 0.1) is 18.3 Å². The first-order valence-corrected chi connectivity index (χ1v) is 17.1. The summed E-state index contributed by atoms with van der Waals surface area (Å²) in [6.45, 7) is 1.85. The predicted molar refractivity (Wildman–Crippen MR) is 169 cm³/mol. The van der Waals surface area contributed by atoms with Crippen LogP contribution in [-0.4, -0.2) is 27.6 Å². The number of nitrogens with one attached hydrogen (secondary N) is 1. The second-order valence-electron chi connectivity index (χ2n) is 9.87. The fraction of sp³-hybridized carbons (Fsp3) is 0.0606. The molecule has 6 rings (SSSR count). The molecule has 0 unspecified atom stereocenters. The molecule has 0 amide bonds. The molecule has 5 aromatic rings. The molecule has 0 aliphatic carbocycles. The number of allylic oxidation sites excluding steroid dienone is 2. The molecule has 4 aromatic carbocycles. The average molecular weight is 625 g/mol. The highest BCUT2D eigenvalue weighted by Crippen LogP contribution is 2.43. The van der Waals surface area contributed by atoms with Gasteiger partial charge in [0.25, 0.3) is 0 Å². The SMILES string of the molecule is Cc1ccc(S(=O)(=O)Oc2ccc(S(=O)(=O)c3ccc4[nH]c(C5=CCSC5=C(C#N)c5ccccc5)cc4c3)cc2)cc1. The van der Waals surface area contributed by atoms with Crippen LogP contribution in [0.5, 0.6) is 5.75 Å². The van der Waals surface area contributed by atoms with Crippen LogP contribution in [0.25, 0.3) is 22.0 Å². The van der Waals surface area contributed by atoms with Gasteiger partial charge in [-0.1, -0.05) is 54.1 Å². The highest BCUT2D eigenvalue weighted by atomic mass is 32.2. The maximum Gasteiger partial charge on any atom is 0.339 e. The van der Waals surface area contributed by atoms with Crippen LogP contribution in [0.1, 0.15) is 16.8 Å². The van der Waals surface area contributed by atoms with Gasteiger partial charge < -0.3 is 9.17 Å². The summed E-state index contributed by atoms with van der Waals surface area (Å²) in [5, 5.41) is 10.7. The van der Waals surface area contributed by atoms with Gasteiger partial charge in [-0.3, -0.25) is 0 Å². The lowest BCUT2D eigenvalue weighted by molar-refractivity contribution is 0.486. The molecule has 0 spiro atoms. The Balaban J connectivity index is 1.27. The molecule has 1 aliphatic heterocycles. The van der Waals surface area contributed by atoms with E-state index < -0.39 is 20.0 Å². The predicted octanol–water partition coefficient (Wildman–Crippen LogP) is 7.14. The van der Waals surface area contributed by atoms with Crippen molar-refractivity contribution in [3.8, 4) is 11.8 Å². The molecule has 0 saturated heterocycles. The average Bonchev–Trinajstić information content (AvgIpc) is 3.65. The number of benzene rings is 4. The molecule has 7 nitrogen and oxygen atoms in total. The van der Waals surface area contributed by atoms with Crippen molar-refractivity contribution in [3.05, 3.63) is 131 Å². The fourth-order valence-electron chi connectivity index (χ4n) is 4.78. The minimum Gasteiger partial charge on any atom is -0.379 e. The van der Waals surface area contributed by atoms with E-state index in [1.54, 1.807) is 36.0 Å². The van der Waals surface area contributed by atoms with Gasteiger partial charge in [-0.15, -0.1) is 11.8 Å². The van der Waals surface area contributed by atoms with Gasteiger partial charge in [-0.05, 0) is 73.2 Å². The third-order valence-electron chi connectivity index (χ3n) is 7.00. The largest absolute Gasteiger partial charge is 0.379 e. The molecular formula is C33H24N2O5S3. The number of hydrogen-bond acceptors (Lipinski definition) is 7. The van der Waals surface area contributed by atoms with Crippen LogP contribution in [0.4, 0.5) is 0 Å². The zero-order chi connectivity index (χ0) is 30.2. The smallest absolute Gasteiger partial charge is 0.339 e. The van der Waals surface area contributed by atoms with Gasteiger partial charge in [-0.2, -0.15) is 13.7 Å². The van der Waals surface area contributed by atoms with E-state index in [0.717, 1.165) is 38.6 Å². The third kappa shape index (κ3) is 5.62. The molecule has 0 saturated carbocycles. The van der Waals surface area contributed by atoms with Gasteiger partial charge in [0.15, 0.2) is 0 Å². The van der Waals surface area contributed by atoms with Gasteiger partial charge >= 0.3 is 10.1 Å². The summed E-state index contributed by atoms with van der Waals surface area (Å²) in [6, 6.07) is 30.2. The number of fused-ring (bicyclic) bond motifs is 1. The van der Waals surface area contributed by atoms with Gasteiger partial charge in [0.1, 0.15) is 16.7 Å². The molecule has 2 heterocycles. The van der Waals surface area contributed by atoms with E-state index in [1.165, 1.54) is 42.5 Å². The Labute approximate surface area is 254 Å². The minimum absolute atomic E-state index is 0.00376. The fourth-order valence-corrected chi connectivity index (χ4v) is 8.08. The summed E-state index contributed by atoms with van der Waals surface area (Å²) in [7, 11) is -7.98. The zero-order valence-electron chi connectivity index (χ0n) is 22.8. The van der Waals surface area contributed by atoms with Crippen molar-refractivity contribution in [2.24, 2.45) is 0 Å². The van der Waals surface area contributed by atoms with Crippen molar-refractivity contribution in [1.82, 2.24) is 4.98 Å². The number of aromatic amines is 1. The molecule has 10 heteroatoms. The van der Waals surface area contributed by atoms with Crippen molar-refractivity contribution >= 4 is 53.8 Å². The minimum atomic E-state index is -4.07. The summed E-state index contributed by atoms with van der Waals surface area (Å²) in [5.41, 5.74) is 4.81. The zero-order valence-corrected chi connectivity index (χ0v) is 25.3. The van der Waals surface area contributed by atoms with Crippen LogP contribution in [-0.2, 0) is 20.0 Å². The molecule has 1 aliphatic rings. The summed E-state index contributed by atoms with van der Waals surface area (Å²) in [5.74, 6) is 0.730. The van der Waals surface area contributed by atoms with E-state index in [2.05, 4.69) is 17.1 Å². The standard InChI is InChI=1S/C33H24N2O5S3/c1-22-7-11-27(12-8-22)43(38,39)40-25-9-13-26(14-10-25)42(36,37)28-15-16-31-24(19-28)20-32(35-31)29-17-18-41-33(29)30(21-34)23-5-3-2-4-6-23/h2-17,19-20,35H,18H2,1H3. The van der Waals surface area contributed by atoms with Crippen LogP contribution >= 0.6 is 11.8 Å². The number of nitrogens with zero attached hydrogens (tertiary/aromatic N) is 1. The summed E-state index contributed by atoms with van der Waals surface area (Å²) in [6.07, 6.45) is 2.06. The van der Waals surface area contributed by atoms with Crippen molar-refractivity contribution in [2.75, 3.05) is 5.75 Å². The molecule has 1 N–H and O–H groups in total. The number of sulfone groups is 1. The summed E-state index contributed by atoms with van der Waals surface area (Å²) in [4.78, 5) is 4.35. The van der Waals surface area contributed by atoms with E-state index in [9.17, 15) is 22.1 Å². The third-order valence-corrected chi connectivity index (χ3v) is 11.1. The Morgan fingerprint density at radius 2 is 1.51 bits per heavy atom. The van der Waals surface area contributed by atoms with Crippen LogP contribution in [0.3, 0.4) is 0 Å². The number of rotatable bonds is 7. The molecule has 1 aromatic heterocycles. The van der Waals surface area contributed by atoms with Crippen LogP contribution in [0.15, 0.2) is 129 Å². The van der Waals surface area contributed by atoms with E-state index in [4.69, 9.17) is 4.18 Å². The molecule has 0 atom stereocenters. The van der Waals surface area contributed by atoms with Crippen molar-refractivity contribution in [2.45, 2.75) is 21.6 Å². The lowest BCUT2D eigenvalue weighted by Crippen LogP contribution is -2.10. The second-order valence-corrected chi connectivity index (χ2v) is 14.4. The number of H-pyrrole nitrogens is 1. The van der Waals surface area contributed by atoms with Crippen LogP contribution in [0.2, 0.25) is 0 Å². The summed E-state index contributed by atoms with van der Waals surface area (Å²) < 4.78 is 57.4. The lowest BCUT2D eigenvalue weighted by Gasteiger charge is -2.09. The molecule has 0 bridgehead atoms. The highest BCUT2D eigenvalue weighted by Gasteiger charge is 2.23. The quantitative estimate of drug-likeness (QED) is 0.151. The lowest BCUT2D eigenvalue weighted by atomic mass is 10.0. The molecule has 214 valence electrons. The highest BCUT2D eigenvalue weighted by molar-refractivity contribution is 8.04. The molecule has 43 heavy (non-hydrogen) atoms. The van der Waals surface area contributed by atoms with E-state index in [-0.39, 0.29) is 20.4 Å².